The summed E-state index contributed by atoms with van der Waals surface area (Å²) in [6, 6.07) is 0.530. The number of rotatable bonds is 14. The molecule has 0 amide bonds. The lowest BCUT2D eigenvalue weighted by Gasteiger charge is -2.43. The highest BCUT2D eigenvalue weighted by Gasteiger charge is 2.31. The largest absolute Gasteiger partial charge is 0.293 e. The van der Waals surface area contributed by atoms with Crippen LogP contribution < -0.4 is 63.8 Å². The van der Waals surface area contributed by atoms with Gasteiger partial charge in [0.2, 0.25) is 0 Å². The van der Waals surface area contributed by atoms with Crippen LogP contribution in [0.15, 0.2) is 0 Å². The standard InChI is InChI=1S/C18H44N12O6S2/c1-19-13-25-15(21-7-9-37(31,32)33)29-17(27-13)23-11-3-5-12(6-4-11)24-18-28-14(20-2)26-16(30-18)22-8-10-38(34,35)36/h11-30H,3-10H2,1-2H3,(H,31,32,33)(H,34,35,36). The van der Waals surface area contributed by atoms with Gasteiger partial charge in [0.1, 0.15) is 37.7 Å². The fraction of sp³-hybridized carbons (Fsp3) is 1.00. The highest BCUT2D eigenvalue weighted by molar-refractivity contribution is 7.86. The minimum absolute atomic E-state index is 0.0908. The molecule has 0 radical (unpaired) electrons. The fourth-order valence-corrected chi connectivity index (χ4v) is 5.36. The molecule has 2 heterocycles. The summed E-state index contributed by atoms with van der Waals surface area (Å²) in [6.45, 7) is 0.182. The van der Waals surface area contributed by atoms with Crippen LogP contribution in [0.4, 0.5) is 0 Å². The molecule has 3 fully saturated rings. The van der Waals surface area contributed by atoms with Crippen LogP contribution in [-0.2, 0) is 20.2 Å². The summed E-state index contributed by atoms with van der Waals surface area (Å²) in [5.41, 5.74) is 0. The molecule has 224 valence electrons. The van der Waals surface area contributed by atoms with Crippen molar-refractivity contribution in [2.75, 3.05) is 38.7 Å². The molecule has 0 aromatic carbocycles. The van der Waals surface area contributed by atoms with Gasteiger partial charge in [-0.3, -0.25) is 72.9 Å². The van der Waals surface area contributed by atoms with E-state index < -0.39 is 20.2 Å². The predicted octanol–water partition coefficient (Wildman–Crippen LogP) is -5.86. The van der Waals surface area contributed by atoms with Crippen LogP contribution in [0.2, 0.25) is 0 Å². The van der Waals surface area contributed by atoms with Crippen molar-refractivity contribution in [2.45, 2.75) is 75.5 Å². The molecule has 0 spiro atoms. The molecule has 2 saturated heterocycles. The van der Waals surface area contributed by atoms with E-state index >= 15 is 0 Å². The Morgan fingerprint density at radius 2 is 0.895 bits per heavy atom. The van der Waals surface area contributed by atoms with Crippen molar-refractivity contribution in [3.63, 3.8) is 0 Å². The van der Waals surface area contributed by atoms with Gasteiger partial charge in [0.25, 0.3) is 20.2 Å². The van der Waals surface area contributed by atoms with Gasteiger partial charge in [0.15, 0.2) is 0 Å². The molecule has 20 heteroatoms. The van der Waals surface area contributed by atoms with Gasteiger partial charge in [-0.2, -0.15) is 16.8 Å². The molecular weight excluding hydrogens is 544 g/mol. The van der Waals surface area contributed by atoms with E-state index in [0.717, 1.165) is 25.7 Å². The average Bonchev–Trinajstić information content (AvgIpc) is 2.83. The monoisotopic (exact) mass is 588 g/mol. The lowest BCUT2D eigenvalue weighted by atomic mass is 9.91. The number of hydrogen-bond donors (Lipinski definition) is 14. The minimum atomic E-state index is -4.04. The normalized spacial score (nSPS) is 35.3. The first-order valence-electron chi connectivity index (χ1n) is 12.7. The molecule has 3 aliphatic rings. The Bertz CT molecular complexity index is 849. The summed E-state index contributed by atoms with van der Waals surface area (Å²) in [4.78, 5) is 0. The molecule has 0 bridgehead atoms. The smallest absolute Gasteiger partial charge is 0.266 e. The maximum absolute atomic E-state index is 11.0. The Hall–Kier alpha value is -0.660. The summed E-state index contributed by atoms with van der Waals surface area (Å²) in [6.07, 6.45) is 2.11. The van der Waals surface area contributed by atoms with E-state index in [2.05, 4.69) is 63.8 Å². The van der Waals surface area contributed by atoms with E-state index in [9.17, 15) is 16.8 Å². The van der Waals surface area contributed by atoms with Crippen molar-refractivity contribution in [2.24, 2.45) is 0 Å². The summed E-state index contributed by atoms with van der Waals surface area (Å²) < 4.78 is 61.8. The summed E-state index contributed by atoms with van der Waals surface area (Å²) >= 11 is 0. The third-order valence-corrected chi connectivity index (χ3v) is 7.97. The molecule has 0 aromatic rings. The van der Waals surface area contributed by atoms with Gasteiger partial charge >= 0.3 is 0 Å². The predicted molar refractivity (Wildman–Crippen MR) is 141 cm³/mol. The van der Waals surface area contributed by atoms with Crippen molar-refractivity contribution in [1.29, 1.82) is 0 Å². The van der Waals surface area contributed by atoms with E-state index in [4.69, 9.17) is 9.11 Å². The van der Waals surface area contributed by atoms with Gasteiger partial charge in [-0.25, -0.2) is 0 Å². The molecule has 0 aromatic heterocycles. The molecule has 1 saturated carbocycles. The van der Waals surface area contributed by atoms with Crippen LogP contribution in [0.1, 0.15) is 25.7 Å². The zero-order valence-corrected chi connectivity index (χ0v) is 23.3. The quantitative estimate of drug-likeness (QED) is 0.0843. The lowest BCUT2D eigenvalue weighted by Crippen LogP contribution is -2.78. The zero-order chi connectivity index (χ0) is 27.8. The first-order chi connectivity index (χ1) is 17.9. The highest BCUT2D eigenvalue weighted by atomic mass is 32.2. The van der Waals surface area contributed by atoms with Gasteiger partial charge in [-0.05, 0) is 39.8 Å². The van der Waals surface area contributed by atoms with Crippen molar-refractivity contribution in [1.82, 2.24) is 63.8 Å². The van der Waals surface area contributed by atoms with Crippen molar-refractivity contribution in [3.05, 3.63) is 0 Å². The van der Waals surface area contributed by atoms with E-state index in [1.165, 1.54) is 0 Å². The number of nitrogens with one attached hydrogen (secondary N) is 12. The molecule has 2 aliphatic heterocycles. The molecular formula is C18H44N12O6S2. The van der Waals surface area contributed by atoms with Crippen LogP contribution in [0.5, 0.6) is 0 Å². The van der Waals surface area contributed by atoms with E-state index in [0.29, 0.717) is 0 Å². The van der Waals surface area contributed by atoms with Crippen LogP contribution in [0.25, 0.3) is 0 Å². The number of hydrogen-bond acceptors (Lipinski definition) is 16. The van der Waals surface area contributed by atoms with Gasteiger partial charge < -0.3 is 0 Å². The molecule has 18 nitrogen and oxygen atoms in total. The van der Waals surface area contributed by atoms with Crippen LogP contribution >= 0.6 is 0 Å². The van der Waals surface area contributed by atoms with E-state index in [1.54, 1.807) is 14.1 Å². The molecule has 14 N–H and O–H groups in total. The molecule has 1 aliphatic carbocycles. The van der Waals surface area contributed by atoms with Crippen molar-refractivity contribution < 1.29 is 25.9 Å². The van der Waals surface area contributed by atoms with Crippen LogP contribution in [-0.4, -0.2) is 114 Å². The average molecular weight is 589 g/mol. The first-order valence-corrected chi connectivity index (χ1v) is 15.9. The minimum Gasteiger partial charge on any atom is -0.293 e. The maximum atomic E-state index is 11.0. The molecule has 3 rings (SSSR count). The summed E-state index contributed by atoms with van der Waals surface area (Å²) in [5, 5.41) is 39.1. The summed E-state index contributed by atoms with van der Waals surface area (Å²) in [7, 11) is -4.47. The van der Waals surface area contributed by atoms with E-state index in [-0.39, 0.29) is 74.4 Å². The Kier molecular flexibility index (Phi) is 12.4. The molecule has 6 atom stereocenters. The third-order valence-electron chi connectivity index (χ3n) is 6.53. The molecule has 38 heavy (non-hydrogen) atoms. The third kappa shape index (κ3) is 11.8. The van der Waals surface area contributed by atoms with Crippen molar-refractivity contribution in [3.8, 4) is 0 Å². The van der Waals surface area contributed by atoms with Gasteiger partial charge in [-0.15, -0.1) is 0 Å². The molecule has 6 unspecified atom stereocenters. The Morgan fingerprint density at radius 3 is 1.21 bits per heavy atom. The zero-order valence-electron chi connectivity index (χ0n) is 21.6. The topological polar surface area (TPSA) is 253 Å². The summed E-state index contributed by atoms with van der Waals surface area (Å²) in [5.74, 6) is -0.756. The van der Waals surface area contributed by atoms with Crippen LogP contribution in [0.3, 0.4) is 0 Å². The van der Waals surface area contributed by atoms with Gasteiger partial charge in [-0.1, -0.05) is 0 Å². The Balaban J connectivity index is 1.41. The van der Waals surface area contributed by atoms with Crippen LogP contribution in [0, 0.1) is 0 Å². The SMILES string of the molecule is CNC1NC(NCCS(=O)(=O)O)NC(NC2CCC(NC3NC(NC)NC(NCCS(=O)(=O)O)N3)CC2)N1. The first kappa shape index (κ1) is 31.9. The Morgan fingerprint density at radius 1 is 0.579 bits per heavy atom. The van der Waals surface area contributed by atoms with Gasteiger partial charge in [0.05, 0.1) is 11.5 Å². The lowest BCUT2D eigenvalue weighted by molar-refractivity contribution is 0.110. The highest BCUT2D eigenvalue weighted by Crippen LogP contribution is 2.19. The fourth-order valence-electron chi connectivity index (χ4n) is 4.61. The second-order valence-electron chi connectivity index (χ2n) is 9.54. The maximum Gasteiger partial charge on any atom is 0.266 e. The van der Waals surface area contributed by atoms with E-state index in [1.807, 2.05) is 0 Å². The second kappa shape index (κ2) is 14.8. The van der Waals surface area contributed by atoms with Crippen molar-refractivity contribution >= 4 is 20.2 Å². The van der Waals surface area contributed by atoms with Gasteiger partial charge in [0, 0.05) is 25.2 Å². The second-order valence-corrected chi connectivity index (χ2v) is 12.7. The Labute approximate surface area is 224 Å².